The molecule has 6 heteroatoms. The average molecular weight is 231 g/mol. The van der Waals surface area contributed by atoms with Crippen LogP contribution in [0.25, 0.3) is 0 Å². The van der Waals surface area contributed by atoms with Gasteiger partial charge in [-0.25, -0.2) is 18.6 Å². The molecule has 0 fully saturated rings. The Morgan fingerprint density at radius 1 is 1.56 bits per heavy atom. The van der Waals surface area contributed by atoms with Crippen LogP contribution in [0.4, 0.5) is 8.78 Å². The summed E-state index contributed by atoms with van der Waals surface area (Å²) in [6.45, 7) is 1.68. The number of esters is 1. The van der Waals surface area contributed by atoms with Crippen LogP contribution in [-0.2, 0) is 4.74 Å². The molecule has 0 N–H and O–H groups in total. The fourth-order valence-electron chi connectivity index (χ4n) is 1.20. The fourth-order valence-corrected chi connectivity index (χ4v) is 1.20. The molecule has 1 heterocycles. The Balaban J connectivity index is 3.24. The normalized spacial score (nSPS) is 10.3. The lowest BCUT2D eigenvalue weighted by Gasteiger charge is -2.10. The molecule has 1 rings (SSSR count). The Morgan fingerprint density at radius 3 is 2.75 bits per heavy atom. The molecule has 0 aromatic carbocycles. The van der Waals surface area contributed by atoms with Crippen molar-refractivity contribution in [2.75, 3.05) is 13.7 Å². The van der Waals surface area contributed by atoms with Gasteiger partial charge in [-0.2, -0.15) is 0 Å². The van der Waals surface area contributed by atoms with E-state index >= 15 is 0 Å². The van der Waals surface area contributed by atoms with Crippen molar-refractivity contribution in [3.05, 3.63) is 23.4 Å². The number of methoxy groups -OCH3 is 1. The first-order valence-electron chi connectivity index (χ1n) is 4.60. The lowest BCUT2D eigenvalue weighted by Crippen LogP contribution is -2.11. The van der Waals surface area contributed by atoms with E-state index in [4.69, 9.17) is 4.74 Å². The van der Waals surface area contributed by atoms with Gasteiger partial charge in [0.05, 0.1) is 13.7 Å². The van der Waals surface area contributed by atoms with E-state index in [0.29, 0.717) is 0 Å². The van der Waals surface area contributed by atoms with Crippen molar-refractivity contribution in [3.63, 3.8) is 0 Å². The third kappa shape index (κ3) is 2.44. The number of carbonyl (C=O) groups excluding carboxylic acids is 1. The third-order valence-corrected chi connectivity index (χ3v) is 1.86. The topological polar surface area (TPSA) is 48.4 Å². The predicted octanol–water partition coefficient (Wildman–Crippen LogP) is 2.20. The zero-order chi connectivity index (χ0) is 12.1. The largest absolute Gasteiger partial charge is 0.480 e. The van der Waals surface area contributed by atoms with Crippen LogP contribution < -0.4 is 4.74 Å². The Kier molecular flexibility index (Phi) is 4.16. The Labute approximate surface area is 91.2 Å². The van der Waals surface area contributed by atoms with Gasteiger partial charge in [0.2, 0.25) is 5.88 Å². The number of pyridine rings is 1. The molecule has 0 bridgehead atoms. The molecule has 0 radical (unpaired) electrons. The van der Waals surface area contributed by atoms with Crippen LogP contribution in [0.3, 0.4) is 0 Å². The van der Waals surface area contributed by atoms with Crippen molar-refractivity contribution in [3.8, 4) is 5.88 Å². The van der Waals surface area contributed by atoms with Gasteiger partial charge in [0, 0.05) is 11.8 Å². The molecule has 0 saturated carbocycles. The van der Waals surface area contributed by atoms with Gasteiger partial charge >= 0.3 is 5.97 Å². The number of halogens is 2. The zero-order valence-corrected chi connectivity index (χ0v) is 8.87. The summed E-state index contributed by atoms with van der Waals surface area (Å²) in [7, 11) is 1.25. The molecule has 0 aliphatic heterocycles. The van der Waals surface area contributed by atoms with Gasteiger partial charge in [-0.1, -0.05) is 0 Å². The Morgan fingerprint density at radius 2 is 2.25 bits per heavy atom. The minimum atomic E-state index is -2.78. The maximum Gasteiger partial charge on any atom is 0.344 e. The predicted molar refractivity (Wildman–Crippen MR) is 51.7 cm³/mol. The van der Waals surface area contributed by atoms with Crippen molar-refractivity contribution in [2.24, 2.45) is 0 Å². The number of ether oxygens (including phenoxy) is 2. The SMILES string of the molecule is CCOC(=O)c1c(C(F)F)ccnc1OC. The van der Waals surface area contributed by atoms with Gasteiger partial charge < -0.3 is 9.47 Å². The highest BCUT2D eigenvalue weighted by Crippen LogP contribution is 2.28. The highest BCUT2D eigenvalue weighted by atomic mass is 19.3. The van der Waals surface area contributed by atoms with E-state index in [9.17, 15) is 13.6 Å². The average Bonchev–Trinajstić information content (AvgIpc) is 2.28. The van der Waals surface area contributed by atoms with E-state index in [-0.39, 0.29) is 18.1 Å². The Bertz CT molecular complexity index is 382. The second kappa shape index (κ2) is 5.39. The molecule has 1 aromatic heterocycles. The number of hydrogen-bond donors (Lipinski definition) is 0. The molecule has 88 valence electrons. The van der Waals surface area contributed by atoms with Crippen LogP contribution in [0, 0.1) is 0 Å². The quantitative estimate of drug-likeness (QED) is 0.745. The molecule has 0 amide bonds. The van der Waals surface area contributed by atoms with Crippen LogP contribution >= 0.6 is 0 Å². The smallest absolute Gasteiger partial charge is 0.344 e. The van der Waals surface area contributed by atoms with Gasteiger partial charge in [0.15, 0.2) is 0 Å². The highest BCUT2D eigenvalue weighted by Gasteiger charge is 2.24. The molecular formula is C10H11F2NO3. The van der Waals surface area contributed by atoms with Gasteiger partial charge in [0.1, 0.15) is 5.56 Å². The molecule has 16 heavy (non-hydrogen) atoms. The summed E-state index contributed by atoms with van der Waals surface area (Å²) in [6.07, 6.45) is -1.63. The van der Waals surface area contributed by atoms with Crippen LogP contribution in [0.5, 0.6) is 5.88 Å². The van der Waals surface area contributed by atoms with Crippen LogP contribution in [-0.4, -0.2) is 24.7 Å². The van der Waals surface area contributed by atoms with Crippen molar-refractivity contribution < 1.29 is 23.0 Å². The minimum Gasteiger partial charge on any atom is -0.480 e. The maximum absolute atomic E-state index is 12.7. The van der Waals surface area contributed by atoms with Crippen molar-refractivity contribution in [1.29, 1.82) is 0 Å². The molecular weight excluding hydrogens is 220 g/mol. The molecule has 0 saturated heterocycles. The summed E-state index contributed by atoms with van der Waals surface area (Å²) in [5.74, 6) is -1.01. The molecule has 0 aliphatic carbocycles. The molecule has 1 aromatic rings. The van der Waals surface area contributed by atoms with E-state index in [1.807, 2.05) is 0 Å². The number of alkyl halides is 2. The van der Waals surface area contributed by atoms with Crippen molar-refractivity contribution in [1.82, 2.24) is 4.98 Å². The lowest BCUT2D eigenvalue weighted by atomic mass is 10.1. The second-order valence-corrected chi connectivity index (χ2v) is 2.81. The van der Waals surface area contributed by atoms with Crippen molar-refractivity contribution in [2.45, 2.75) is 13.3 Å². The zero-order valence-electron chi connectivity index (χ0n) is 8.87. The summed E-state index contributed by atoms with van der Waals surface area (Å²) >= 11 is 0. The van der Waals surface area contributed by atoms with Crippen molar-refractivity contribution >= 4 is 5.97 Å². The van der Waals surface area contributed by atoms with Gasteiger partial charge in [-0.3, -0.25) is 0 Å². The highest BCUT2D eigenvalue weighted by molar-refractivity contribution is 5.93. The van der Waals surface area contributed by atoms with Crippen LogP contribution in [0.15, 0.2) is 12.3 Å². The summed E-state index contributed by atoms with van der Waals surface area (Å²) in [5, 5.41) is 0. The first-order chi connectivity index (χ1) is 7.61. The van der Waals surface area contributed by atoms with E-state index in [0.717, 1.165) is 12.3 Å². The summed E-state index contributed by atoms with van der Waals surface area (Å²) in [6, 6.07) is 1.07. The van der Waals surface area contributed by atoms with Gasteiger partial charge in [-0.15, -0.1) is 0 Å². The lowest BCUT2D eigenvalue weighted by molar-refractivity contribution is 0.0510. The van der Waals surface area contributed by atoms with E-state index in [1.54, 1.807) is 6.92 Å². The minimum absolute atomic E-state index is 0.0968. The fraction of sp³-hybridized carbons (Fsp3) is 0.400. The molecule has 0 spiro atoms. The molecule has 4 nitrogen and oxygen atoms in total. The monoisotopic (exact) mass is 231 g/mol. The number of aromatic nitrogens is 1. The number of rotatable bonds is 4. The number of nitrogens with zero attached hydrogens (tertiary/aromatic N) is 1. The van der Waals surface area contributed by atoms with Gasteiger partial charge in [-0.05, 0) is 13.0 Å². The van der Waals surface area contributed by atoms with E-state index in [2.05, 4.69) is 9.72 Å². The second-order valence-electron chi connectivity index (χ2n) is 2.81. The molecule has 0 aliphatic rings. The molecule has 0 atom stereocenters. The van der Waals surface area contributed by atoms with Crippen LogP contribution in [0.2, 0.25) is 0 Å². The number of carbonyl (C=O) groups is 1. The van der Waals surface area contributed by atoms with Crippen LogP contribution in [0.1, 0.15) is 29.3 Å². The maximum atomic E-state index is 12.7. The van der Waals surface area contributed by atoms with E-state index in [1.165, 1.54) is 7.11 Å². The third-order valence-electron chi connectivity index (χ3n) is 1.86. The summed E-state index contributed by atoms with van der Waals surface area (Å²) in [4.78, 5) is 15.2. The summed E-state index contributed by atoms with van der Waals surface area (Å²) in [5.41, 5.74) is -0.757. The first-order valence-corrected chi connectivity index (χ1v) is 4.60. The number of hydrogen-bond acceptors (Lipinski definition) is 4. The standard InChI is InChI=1S/C10H11F2NO3/c1-3-16-10(14)7-6(8(11)12)4-5-13-9(7)15-2/h4-5,8H,3H2,1-2H3. The summed E-state index contributed by atoms with van der Waals surface area (Å²) < 4.78 is 34.7. The van der Waals surface area contributed by atoms with Gasteiger partial charge in [0.25, 0.3) is 6.43 Å². The molecule has 0 unspecified atom stereocenters. The first kappa shape index (κ1) is 12.4. The van der Waals surface area contributed by atoms with E-state index < -0.39 is 18.0 Å². The Hall–Kier alpha value is -1.72.